The van der Waals surface area contributed by atoms with E-state index >= 15 is 0 Å². The Labute approximate surface area is 215 Å². The number of hydrogen-bond donors (Lipinski definition) is 2. The van der Waals surface area contributed by atoms with Gasteiger partial charge in [-0.2, -0.15) is 0 Å². The van der Waals surface area contributed by atoms with E-state index in [9.17, 15) is 9.59 Å². The molecule has 184 valence electrons. The van der Waals surface area contributed by atoms with Crippen LogP contribution in [0.1, 0.15) is 65.3 Å². The van der Waals surface area contributed by atoms with Crippen molar-refractivity contribution >= 4 is 45.4 Å². The zero-order valence-electron chi connectivity index (χ0n) is 20.5. The Hall–Kier alpha value is -2.83. The molecule has 0 aliphatic heterocycles. The first-order chi connectivity index (χ1) is 16.7. The first-order valence-corrected chi connectivity index (χ1v) is 13.1. The molecule has 4 rings (SSSR count). The molecule has 0 saturated heterocycles. The summed E-state index contributed by atoms with van der Waals surface area (Å²) < 4.78 is 5.69. The van der Waals surface area contributed by atoms with Gasteiger partial charge in [-0.15, -0.1) is 11.3 Å². The van der Waals surface area contributed by atoms with E-state index in [0.717, 1.165) is 24.8 Å². The minimum Gasteiger partial charge on any atom is -0.492 e. The summed E-state index contributed by atoms with van der Waals surface area (Å²) in [5.74, 6) is 0.627. The normalized spacial score (nSPS) is 15.3. The van der Waals surface area contributed by atoms with Gasteiger partial charge in [-0.3, -0.25) is 9.59 Å². The van der Waals surface area contributed by atoms with E-state index in [-0.39, 0.29) is 17.2 Å². The van der Waals surface area contributed by atoms with Gasteiger partial charge in [0.05, 0.1) is 17.9 Å². The molecule has 1 unspecified atom stereocenters. The highest BCUT2D eigenvalue weighted by Gasteiger charge is 2.34. The fourth-order valence-electron chi connectivity index (χ4n) is 4.47. The van der Waals surface area contributed by atoms with Crippen molar-refractivity contribution in [3.63, 3.8) is 0 Å². The second kappa shape index (κ2) is 10.4. The van der Waals surface area contributed by atoms with Crippen LogP contribution in [-0.2, 0) is 12.8 Å². The van der Waals surface area contributed by atoms with Gasteiger partial charge < -0.3 is 15.4 Å². The third-order valence-electron chi connectivity index (χ3n) is 6.49. The Morgan fingerprint density at radius 1 is 1.06 bits per heavy atom. The van der Waals surface area contributed by atoms with Crippen molar-refractivity contribution in [2.24, 2.45) is 11.3 Å². The fourth-order valence-corrected chi connectivity index (χ4v) is 5.91. The van der Waals surface area contributed by atoms with Crippen LogP contribution in [0.2, 0.25) is 5.02 Å². The minimum atomic E-state index is -0.267. The molecule has 0 saturated carbocycles. The topological polar surface area (TPSA) is 67.4 Å². The standard InChI is InChI=1S/C28H31ClN2O3S/c1-5-34-22-9-7-6-8-21(22)30-26(33)24-20-15-12-18(28(2,3)4)16-23(20)35-27(24)31-25(32)17-10-13-19(29)14-11-17/h6-11,13-14,18H,5,12,15-16H2,1-4H3,(H,30,33)(H,31,32). The number of ether oxygens (including phenoxy) is 1. The van der Waals surface area contributed by atoms with Crippen LogP contribution in [-0.4, -0.2) is 18.4 Å². The van der Waals surface area contributed by atoms with E-state index in [0.29, 0.717) is 45.1 Å². The highest BCUT2D eigenvalue weighted by atomic mass is 35.5. The number of nitrogens with one attached hydrogen (secondary N) is 2. The van der Waals surface area contributed by atoms with Gasteiger partial charge in [-0.1, -0.05) is 44.5 Å². The van der Waals surface area contributed by atoms with Crippen LogP contribution in [0.4, 0.5) is 10.7 Å². The van der Waals surface area contributed by atoms with Gasteiger partial charge in [-0.25, -0.2) is 0 Å². The average Bonchev–Trinajstić information content (AvgIpc) is 3.17. The van der Waals surface area contributed by atoms with Crippen molar-refractivity contribution in [3.8, 4) is 5.75 Å². The number of anilines is 2. The number of hydrogen-bond acceptors (Lipinski definition) is 4. The van der Waals surface area contributed by atoms with Gasteiger partial charge >= 0.3 is 0 Å². The molecule has 1 aliphatic rings. The minimum absolute atomic E-state index is 0.174. The SMILES string of the molecule is CCOc1ccccc1NC(=O)c1c(NC(=O)c2ccc(Cl)cc2)sc2c1CCC(C(C)(C)C)C2. The van der Waals surface area contributed by atoms with Crippen molar-refractivity contribution in [1.82, 2.24) is 0 Å². The lowest BCUT2D eigenvalue weighted by Crippen LogP contribution is -2.27. The molecule has 1 atom stereocenters. The van der Waals surface area contributed by atoms with E-state index in [4.69, 9.17) is 16.3 Å². The van der Waals surface area contributed by atoms with Gasteiger partial charge in [0.2, 0.25) is 0 Å². The molecule has 2 aromatic carbocycles. The number of para-hydroxylation sites is 2. The summed E-state index contributed by atoms with van der Waals surface area (Å²) in [7, 11) is 0. The van der Waals surface area contributed by atoms with Crippen molar-refractivity contribution < 1.29 is 14.3 Å². The highest BCUT2D eigenvalue weighted by Crippen LogP contribution is 2.44. The van der Waals surface area contributed by atoms with E-state index in [1.807, 2.05) is 31.2 Å². The van der Waals surface area contributed by atoms with Gasteiger partial charge in [-0.05, 0) is 79.5 Å². The van der Waals surface area contributed by atoms with Crippen LogP contribution in [0.25, 0.3) is 0 Å². The van der Waals surface area contributed by atoms with Crippen LogP contribution in [0.15, 0.2) is 48.5 Å². The number of amides is 2. The Morgan fingerprint density at radius 3 is 2.46 bits per heavy atom. The molecule has 0 bridgehead atoms. The number of benzene rings is 2. The van der Waals surface area contributed by atoms with Gasteiger partial charge in [0.25, 0.3) is 11.8 Å². The molecule has 5 nitrogen and oxygen atoms in total. The summed E-state index contributed by atoms with van der Waals surface area (Å²) in [4.78, 5) is 27.8. The smallest absolute Gasteiger partial charge is 0.259 e. The molecule has 7 heteroatoms. The van der Waals surface area contributed by atoms with E-state index < -0.39 is 0 Å². The van der Waals surface area contributed by atoms with Crippen LogP contribution in [0, 0.1) is 11.3 Å². The molecular formula is C28H31ClN2O3S. The van der Waals surface area contributed by atoms with Gasteiger partial charge in [0.1, 0.15) is 10.8 Å². The van der Waals surface area contributed by atoms with Crippen molar-refractivity contribution in [3.05, 3.63) is 75.1 Å². The summed E-state index contributed by atoms with van der Waals surface area (Å²) >= 11 is 7.49. The molecule has 2 N–H and O–H groups in total. The lowest BCUT2D eigenvalue weighted by Gasteiger charge is -2.33. The van der Waals surface area contributed by atoms with E-state index in [1.165, 1.54) is 16.2 Å². The summed E-state index contributed by atoms with van der Waals surface area (Å²) in [6.07, 6.45) is 2.71. The molecule has 0 fully saturated rings. The molecule has 35 heavy (non-hydrogen) atoms. The molecular weight excluding hydrogens is 480 g/mol. The first kappa shape index (κ1) is 25.3. The largest absolute Gasteiger partial charge is 0.492 e. The number of carbonyl (C=O) groups is 2. The molecule has 2 amide bonds. The third kappa shape index (κ3) is 5.71. The highest BCUT2D eigenvalue weighted by molar-refractivity contribution is 7.17. The summed E-state index contributed by atoms with van der Waals surface area (Å²) in [6, 6.07) is 14.1. The number of fused-ring (bicyclic) bond motifs is 1. The Morgan fingerprint density at radius 2 is 1.77 bits per heavy atom. The van der Waals surface area contributed by atoms with Crippen LogP contribution < -0.4 is 15.4 Å². The number of thiophene rings is 1. The van der Waals surface area contributed by atoms with Crippen LogP contribution >= 0.6 is 22.9 Å². The maximum Gasteiger partial charge on any atom is 0.259 e. The van der Waals surface area contributed by atoms with Crippen molar-refractivity contribution in [2.75, 3.05) is 17.2 Å². The maximum absolute atomic E-state index is 13.6. The van der Waals surface area contributed by atoms with Crippen LogP contribution in [0.3, 0.4) is 0 Å². The Bertz CT molecular complexity index is 1230. The lowest BCUT2D eigenvalue weighted by molar-refractivity contribution is 0.102. The summed E-state index contributed by atoms with van der Waals surface area (Å²) in [5, 5.41) is 7.18. The molecule has 3 aromatic rings. The third-order valence-corrected chi connectivity index (χ3v) is 7.91. The van der Waals surface area contributed by atoms with Crippen molar-refractivity contribution in [2.45, 2.75) is 47.0 Å². The predicted octanol–water partition coefficient (Wildman–Crippen LogP) is 7.46. The zero-order valence-corrected chi connectivity index (χ0v) is 22.1. The summed E-state index contributed by atoms with van der Waals surface area (Å²) in [5.41, 5.74) is 2.85. The van der Waals surface area contributed by atoms with E-state index in [2.05, 4.69) is 31.4 Å². The number of carbonyl (C=O) groups excluding carboxylic acids is 2. The first-order valence-electron chi connectivity index (χ1n) is 11.9. The fraction of sp³-hybridized carbons (Fsp3) is 0.357. The molecule has 0 spiro atoms. The average molecular weight is 511 g/mol. The van der Waals surface area contributed by atoms with E-state index in [1.54, 1.807) is 24.3 Å². The van der Waals surface area contributed by atoms with Gasteiger partial charge in [0, 0.05) is 15.5 Å². The van der Waals surface area contributed by atoms with Crippen LogP contribution in [0.5, 0.6) is 5.75 Å². The Kier molecular flexibility index (Phi) is 7.53. The lowest BCUT2D eigenvalue weighted by atomic mass is 9.72. The molecule has 1 aliphatic carbocycles. The molecule has 1 aromatic heterocycles. The quantitative estimate of drug-likeness (QED) is 0.361. The second-order valence-corrected chi connectivity index (χ2v) is 11.4. The summed E-state index contributed by atoms with van der Waals surface area (Å²) in [6.45, 7) is 9.19. The number of rotatable bonds is 6. The molecule has 0 radical (unpaired) electrons. The zero-order chi connectivity index (χ0) is 25.2. The maximum atomic E-state index is 13.6. The van der Waals surface area contributed by atoms with Crippen molar-refractivity contribution in [1.29, 1.82) is 0 Å². The Balaban J connectivity index is 1.69. The number of halogens is 1. The van der Waals surface area contributed by atoms with Gasteiger partial charge in [0.15, 0.2) is 0 Å². The monoisotopic (exact) mass is 510 g/mol. The predicted molar refractivity (Wildman–Crippen MR) is 144 cm³/mol. The molecule has 1 heterocycles. The second-order valence-electron chi connectivity index (χ2n) is 9.86.